The zero-order valence-electron chi connectivity index (χ0n) is 15.1. The van der Waals surface area contributed by atoms with Crippen LogP contribution >= 0.6 is 0 Å². The van der Waals surface area contributed by atoms with Crippen molar-refractivity contribution in [1.82, 2.24) is 0 Å². The molecule has 25 heavy (non-hydrogen) atoms. The highest BCUT2D eigenvalue weighted by atomic mass is 16.3. The number of hydrogen-bond donors (Lipinski definition) is 2. The average molecular weight is 341 g/mol. The van der Waals surface area contributed by atoms with Gasteiger partial charge >= 0.3 is 0 Å². The van der Waals surface area contributed by atoms with Crippen LogP contribution < -0.4 is 9.80 Å². The third-order valence-corrected chi connectivity index (χ3v) is 7.00. The highest BCUT2D eigenvalue weighted by molar-refractivity contribution is 5.77. The van der Waals surface area contributed by atoms with E-state index in [4.69, 9.17) is 0 Å². The minimum absolute atomic E-state index is 0.0339. The normalized spacial score (nSPS) is 32.6. The minimum atomic E-state index is -0.953. The molecule has 0 bridgehead atoms. The standard InChI is InChI=1S/C20H27N3O2/c1-18(11-20(25,13-24)8-7-19(18)5-6-19)12-23-14-22(2)16-4-3-15(10-21)9-17(16)23/h3-4,9,24-25H,5-8,11-14H2,1-2H3. The topological polar surface area (TPSA) is 70.7 Å². The Morgan fingerprint density at radius 3 is 2.56 bits per heavy atom. The zero-order valence-corrected chi connectivity index (χ0v) is 15.1. The molecule has 5 nitrogen and oxygen atoms in total. The van der Waals surface area contributed by atoms with Gasteiger partial charge in [-0.3, -0.25) is 0 Å². The maximum atomic E-state index is 10.8. The van der Waals surface area contributed by atoms with Gasteiger partial charge in [-0.05, 0) is 61.1 Å². The first-order valence-corrected chi connectivity index (χ1v) is 9.17. The number of nitrogens with zero attached hydrogens (tertiary/aromatic N) is 3. The van der Waals surface area contributed by atoms with E-state index >= 15 is 0 Å². The Bertz CT molecular complexity index is 739. The van der Waals surface area contributed by atoms with Gasteiger partial charge in [-0.1, -0.05) is 6.92 Å². The first kappa shape index (κ1) is 16.7. The van der Waals surface area contributed by atoms with Crippen molar-refractivity contribution in [2.24, 2.45) is 10.8 Å². The van der Waals surface area contributed by atoms with Crippen LogP contribution in [0.2, 0.25) is 0 Å². The summed E-state index contributed by atoms with van der Waals surface area (Å²) in [6.45, 7) is 3.77. The van der Waals surface area contributed by atoms with E-state index in [9.17, 15) is 15.5 Å². The second-order valence-corrected chi connectivity index (χ2v) is 8.75. The van der Waals surface area contributed by atoms with Crippen molar-refractivity contribution >= 4 is 11.4 Å². The lowest BCUT2D eigenvalue weighted by atomic mass is 9.60. The molecule has 134 valence electrons. The molecule has 2 aliphatic carbocycles. The first-order valence-electron chi connectivity index (χ1n) is 9.17. The Morgan fingerprint density at radius 2 is 1.92 bits per heavy atom. The third-order valence-electron chi connectivity index (χ3n) is 7.00. The van der Waals surface area contributed by atoms with Gasteiger partial charge in [0.05, 0.1) is 41.9 Å². The summed E-state index contributed by atoms with van der Waals surface area (Å²) in [6, 6.07) is 8.10. The fourth-order valence-corrected chi connectivity index (χ4v) is 5.27. The van der Waals surface area contributed by atoms with Gasteiger partial charge in [0.15, 0.2) is 0 Å². The molecule has 2 N–H and O–H groups in total. The molecule has 0 amide bonds. The van der Waals surface area contributed by atoms with E-state index < -0.39 is 5.60 Å². The number of aliphatic hydroxyl groups is 2. The van der Waals surface area contributed by atoms with Crippen LogP contribution in [0.5, 0.6) is 0 Å². The third kappa shape index (κ3) is 2.51. The largest absolute Gasteiger partial charge is 0.393 e. The highest BCUT2D eigenvalue weighted by Crippen LogP contribution is 2.67. The average Bonchev–Trinajstić information content (AvgIpc) is 3.33. The molecule has 1 aromatic carbocycles. The van der Waals surface area contributed by atoms with E-state index in [0.29, 0.717) is 23.8 Å². The van der Waals surface area contributed by atoms with Crippen molar-refractivity contribution in [2.45, 2.75) is 44.6 Å². The lowest BCUT2D eigenvalue weighted by Crippen LogP contribution is -2.53. The summed E-state index contributed by atoms with van der Waals surface area (Å²) in [4.78, 5) is 4.56. The Balaban J connectivity index is 1.65. The van der Waals surface area contributed by atoms with Crippen molar-refractivity contribution < 1.29 is 10.2 Å². The number of aliphatic hydroxyl groups excluding tert-OH is 1. The maximum absolute atomic E-state index is 10.8. The molecule has 3 aliphatic rings. The van der Waals surface area contributed by atoms with Gasteiger partial charge in [-0.2, -0.15) is 5.26 Å². The molecule has 0 saturated heterocycles. The summed E-state index contributed by atoms with van der Waals surface area (Å²) >= 11 is 0. The van der Waals surface area contributed by atoms with Crippen LogP contribution in [-0.2, 0) is 0 Å². The molecule has 1 heterocycles. The van der Waals surface area contributed by atoms with Crippen LogP contribution in [0.4, 0.5) is 11.4 Å². The van der Waals surface area contributed by atoms with Gasteiger partial charge in [-0.25, -0.2) is 0 Å². The van der Waals surface area contributed by atoms with Crippen LogP contribution in [0.25, 0.3) is 0 Å². The SMILES string of the molecule is CN1CN(CC2(C)CC(O)(CO)CCC23CC3)c2cc(C#N)ccc21. The monoisotopic (exact) mass is 341 g/mol. The molecular formula is C20H27N3O2. The molecule has 2 atom stereocenters. The van der Waals surface area contributed by atoms with Crippen molar-refractivity contribution in [3.05, 3.63) is 23.8 Å². The molecule has 0 radical (unpaired) electrons. The number of rotatable bonds is 3. The van der Waals surface area contributed by atoms with Crippen molar-refractivity contribution in [3.63, 3.8) is 0 Å². The van der Waals surface area contributed by atoms with Gasteiger partial charge in [-0.15, -0.1) is 0 Å². The first-order chi connectivity index (χ1) is 11.8. The van der Waals surface area contributed by atoms with Crippen molar-refractivity contribution in [1.29, 1.82) is 5.26 Å². The van der Waals surface area contributed by atoms with Crippen molar-refractivity contribution in [2.75, 3.05) is 36.7 Å². The molecule has 2 unspecified atom stereocenters. The summed E-state index contributed by atoms with van der Waals surface area (Å²) in [5.41, 5.74) is 2.26. The quantitative estimate of drug-likeness (QED) is 0.884. The molecule has 1 spiro atoms. The predicted octanol–water partition coefficient (Wildman–Crippen LogP) is 2.47. The van der Waals surface area contributed by atoms with Gasteiger partial charge in [0.25, 0.3) is 0 Å². The second kappa shape index (κ2) is 5.36. The van der Waals surface area contributed by atoms with E-state index in [-0.39, 0.29) is 12.0 Å². The number of hydrogen-bond acceptors (Lipinski definition) is 5. The Kier molecular flexibility index (Phi) is 3.58. The minimum Gasteiger partial charge on any atom is -0.393 e. The van der Waals surface area contributed by atoms with Crippen LogP contribution in [0.15, 0.2) is 18.2 Å². The Morgan fingerprint density at radius 1 is 1.20 bits per heavy atom. The molecule has 0 aromatic heterocycles. The Labute approximate surface area is 149 Å². The highest BCUT2D eigenvalue weighted by Gasteiger charge is 2.62. The summed E-state index contributed by atoms with van der Waals surface area (Å²) in [6.07, 6.45) is 4.78. The maximum Gasteiger partial charge on any atom is 0.0992 e. The number of fused-ring (bicyclic) bond motifs is 1. The molecule has 2 fully saturated rings. The molecule has 1 aliphatic heterocycles. The predicted molar refractivity (Wildman–Crippen MR) is 97.4 cm³/mol. The summed E-state index contributed by atoms with van der Waals surface area (Å²) in [7, 11) is 2.07. The van der Waals surface area contributed by atoms with Gasteiger partial charge in [0.2, 0.25) is 0 Å². The fourth-order valence-electron chi connectivity index (χ4n) is 5.27. The molecule has 2 saturated carbocycles. The molecule has 5 heteroatoms. The van der Waals surface area contributed by atoms with Crippen LogP contribution in [0, 0.1) is 22.2 Å². The Hall–Kier alpha value is -1.77. The lowest BCUT2D eigenvalue weighted by Gasteiger charge is -2.50. The van der Waals surface area contributed by atoms with E-state index in [1.165, 1.54) is 12.8 Å². The van der Waals surface area contributed by atoms with Crippen LogP contribution in [0.1, 0.15) is 44.6 Å². The van der Waals surface area contributed by atoms with Gasteiger partial charge in [0.1, 0.15) is 0 Å². The summed E-state index contributed by atoms with van der Waals surface area (Å²) in [5.74, 6) is 0. The van der Waals surface area contributed by atoms with Gasteiger partial charge in [0, 0.05) is 13.6 Å². The van der Waals surface area contributed by atoms with Crippen LogP contribution in [-0.4, -0.2) is 42.7 Å². The number of nitriles is 1. The number of benzene rings is 1. The molecule has 4 rings (SSSR count). The van der Waals surface area contributed by atoms with Crippen LogP contribution in [0.3, 0.4) is 0 Å². The number of anilines is 2. The summed E-state index contributed by atoms with van der Waals surface area (Å²) < 4.78 is 0. The van der Waals surface area contributed by atoms with Gasteiger partial charge < -0.3 is 20.0 Å². The fraction of sp³-hybridized carbons (Fsp3) is 0.650. The van der Waals surface area contributed by atoms with E-state index in [0.717, 1.165) is 31.0 Å². The van der Waals surface area contributed by atoms with E-state index in [1.807, 2.05) is 18.2 Å². The summed E-state index contributed by atoms with van der Waals surface area (Å²) in [5, 5.41) is 29.7. The molecular weight excluding hydrogens is 314 g/mol. The smallest absolute Gasteiger partial charge is 0.0992 e. The lowest BCUT2D eigenvalue weighted by molar-refractivity contribution is -0.104. The van der Waals surface area contributed by atoms with Crippen molar-refractivity contribution in [3.8, 4) is 6.07 Å². The zero-order chi connectivity index (χ0) is 17.9. The second-order valence-electron chi connectivity index (χ2n) is 8.75. The molecule has 1 aromatic rings. The van der Waals surface area contributed by atoms with E-state index in [1.54, 1.807) is 0 Å². The van der Waals surface area contributed by atoms with E-state index in [2.05, 4.69) is 29.8 Å².